The van der Waals surface area contributed by atoms with Crippen LogP contribution in [-0.4, -0.2) is 20.9 Å². The predicted molar refractivity (Wildman–Crippen MR) is 130 cm³/mol. The second-order valence-electron chi connectivity index (χ2n) is 7.66. The summed E-state index contributed by atoms with van der Waals surface area (Å²) in [5, 5.41) is 3.15. The van der Waals surface area contributed by atoms with E-state index in [1.54, 1.807) is 36.4 Å². The number of hydrogen-bond donors (Lipinski definition) is 1. The van der Waals surface area contributed by atoms with Crippen molar-refractivity contribution in [3.05, 3.63) is 94.5 Å². The van der Waals surface area contributed by atoms with E-state index in [2.05, 4.69) is 12.2 Å². The molecule has 32 heavy (non-hydrogen) atoms. The first kappa shape index (κ1) is 23.8. The van der Waals surface area contributed by atoms with E-state index in [9.17, 15) is 13.2 Å². The minimum Gasteiger partial charge on any atom is -0.348 e. The van der Waals surface area contributed by atoms with Crippen LogP contribution in [0.4, 0.5) is 5.69 Å². The number of para-hydroxylation sites is 1. The van der Waals surface area contributed by atoms with Crippen molar-refractivity contribution in [2.75, 3.05) is 10.8 Å². The minimum absolute atomic E-state index is 0.0963. The third kappa shape index (κ3) is 5.50. The summed E-state index contributed by atoms with van der Waals surface area (Å²) in [6, 6.07) is 20.8. The smallest absolute Gasteiger partial charge is 0.264 e. The minimum atomic E-state index is -4.01. The van der Waals surface area contributed by atoms with Gasteiger partial charge < -0.3 is 5.32 Å². The van der Waals surface area contributed by atoms with Gasteiger partial charge in [0.2, 0.25) is 5.91 Å². The maximum atomic E-state index is 13.4. The Morgan fingerprint density at radius 1 is 1.00 bits per heavy atom. The lowest BCUT2D eigenvalue weighted by Crippen LogP contribution is -2.41. The Morgan fingerprint density at radius 3 is 2.22 bits per heavy atom. The summed E-state index contributed by atoms with van der Waals surface area (Å²) >= 11 is 6.31. The number of amides is 1. The standard InChI is InChI=1S/C25H27ClN2O3S/c1-4-20-11-13-21(14-12-20)19(3)27-25(29)17-28(24-8-6-5-7-23(24)26)32(30,31)22-15-9-18(2)10-16-22/h5-16,19H,4,17H2,1-3H3,(H,27,29)/t19-/m0/s1. The molecule has 1 atom stereocenters. The van der Waals surface area contributed by atoms with Gasteiger partial charge in [-0.3, -0.25) is 9.10 Å². The molecule has 0 saturated heterocycles. The summed E-state index contributed by atoms with van der Waals surface area (Å²) in [5.74, 6) is -0.423. The first-order chi connectivity index (χ1) is 15.2. The number of nitrogens with zero attached hydrogens (tertiary/aromatic N) is 1. The molecule has 0 aliphatic heterocycles. The fraction of sp³-hybridized carbons (Fsp3) is 0.240. The van der Waals surface area contributed by atoms with E-state index in [1.165, 1.54) is 17.7 Å². The highest BCUT2D eigenvalue weighted by Crippen LogP contribution is 2.30. The molecule has 0 saturated carbocycles. The van der Waals surface area contributed by atoms with Gasteiger partial charge in [0, 0.05) is 0 Å². The molecule has 0 heterocycles. The van der Waals surface area contributed by atoms with Crippen LogP contribution in [0.2, 0.25) is 5.02 Å². The van der Waals surface area contributed by atoms with Crippen molar-refractivity contribution in [2.24, 2.45) is 0 Å². The van der Waals surface area contributed by atoms with Crippen LogP contribution in [0.15, 0.2) is 77.7 Å². The number of benzene rings is 3. The Kier molecular flexibility index (Phi) is 7.59. The van der Waals surface area contributed by atoms with Crippen molar-refractivity contribution in [1.82, 2.24) is 5.32 Å². The number of nitrogens with one attached hydrogen (secondary N) is 1. The summed E-state index contributed by atoms with van der Waals surface area (Å²) in [5.41, 5.74) is 3.35. The van der Waals surface area contributed by atoms with Crippen LogP contribution in [0.3, 0.4) is 0 Å². The van der Waals surface area contributed by atoms with E-state index >= 15 is 0 Å². The summed E-state index contributed by atoms with van der Waals surface area (Å²) in [4.78, 5) is 13.0. The van der Waals surface area contributed by atoms with Gasteiger partial charge in [0.15, 0.2) is 0 Å². The molecule has 0 bridgehead atoms. The second-order valence-corrected chi connectivity index (χ2v) is 9.93. The highest BCUT2D eigenvalue weighted by atomic mass is 35.5. The Hall–Kier alpha value is -2.83. The lowest BCUT2D eigenvalue weighted by molar-refractivity contribution is -0.120. The van der Waals surface area contributed by atoms with Crippen molar-refractivity contribution in [2.45, 2.75) is 38.1 Å². The van der Waals surface area contributed by atoms with Crippen molar-refractivity contribution >= 4 is 33.2 Å². The van der Waals surface area contributed by atoms with Crippen LogP contribution >= 0.6 is 11.6 Å². The normalized spacial score (nSPS) is 12.2. The van der Waals surface area contributed by atoms with Crippen molar-refractivity contribution in [3.8, 4) is 0 Å². The van der Waals surface area contributed by atoms with Gasteiger partial charge in [-0.15, -0.1) is 0 Å². The molecule has 0 fully saturated rings. The molecule has 1 amide bonds. The van der Waals surface area contributed by atoms with Gasteiger partial charge >= 0.3 is 0 Å². The van der Waals surface area contributed by atoms with Gasteiger partial charge in [0.1, 0.15) is 6.54 Å². The van der Waals surface area contributed by atoms with Crippen molar-refractivity contribution in [1.29, 1.82) is 0 Å². The highest BCUT2D eigenvalue weighted by molar-refractivity contribution is 7.92. The van der Waals surface area contributed by atoms with Crippen LogP contribution in [0.25, 0.3) is 0 Å². The summed E-state index contributed by atoms with van der Waals surface area (Å²) < 4.78 is 27.9. The maximum absolute atomic E-state index is 13.4. The molecule has 0 aliphatic carbocycles. The molecule has 3 rings (SSSR count). The van der Waals surface area contributed by atoms with Crippen LogP contribution in [0.5, 0.6) is 0 Å². The summed E-state index contributed by atoms with van der Waals surface area (Å²) in [6.07, 6.45) is 0.935. The first-order valence-electron chi connectivity index (χ1n) is 10.4. The van der Waals surface area contributed by atoms with E-state index in [1.807, 2.05) is 38.1 Å². The van der Waals surface area contributed by atoms with Gasteiger partial charge in [0.05, 0.1) is 21.6 Å². The van der Waals surface area contributed by atoms with Crippen LogP contribution in [0.1, 0.15) is 36.6 Å². The third-order valence-corrected chi connectivity index (χ3v) is 7.38. The zero-order valence-corrected chi connectivity index (χ0v) is 20.0. The Bertz CT molecular complexity index is 1180. The van der Waals surface area contributed by atoms with E-state index in [4.69, 9.17) is 11.6 Å². The molecule has 0 unspecified atom stereocenters. The van der Waals surface area contributed by atoms with Crippen LogP contribution in [-0.2, 0) is 21.2 Å². The number of anilines is 1. The molecule has 0 radical (unpaired) electrons. The maximum Gasteiger partial charge on any atom is 0.264 e. The molecule has 0 aliphatic rings. The number of carbonyl (C=O) groups is 1. The molecule has 0 spiro atoms. The number of sulfonamides is 1. The molecule has 5 nitrogen and oxygen atoms in total. The lowest BCUT2D eigenvalue weighted by atomic mass is 10.1. The lowest BCUT2D eigenvalue weighted by Gasteiger charge is -2.26. The predicted octanol–water partition coefficient (Wildman–Crippen LogP) is 5.28. The quantitative estimate of drug-likeness (QED) is 0.486. The third-order valence-electron chi connectivity index (χ3n) is 5.28. The van der Waals surface area contributed by atoms with Crippen LogP contribution < -0.4 is 9.62 Å². The van der Waals surface area contributed by atoms with Crippen LogP contribution in [0, 0.1) is 6.92 Å². The van der Waals surface area contributed by atoms with Gasteiger partial charge in [-0.1, -0.05) is 72.6 Å². The molecule has 1 N–H and O–H groups in total. The second kappa shape index (κ2) is 10.2. The van der Waals surface area contributed by atoms with E-state index in [-0.39, 0.29) is 21.6 Å². The zero-order chi connectivity index (χ0) is 23.3. The average Bonchev–Trinajstić information content (AvgIpc) is 2.78. The van der Waals surface area contributed by atoms with Crippen molar-refractivity contribution < 1.29 is 13.2 Å². The Morgan fingerprint density at radius 2 is 1.62 bits per heavy atom. The molecule has 0 aromatic heterocycles. The van der Waals surface area contributed by atoms with Gasteiger partial charge in [-0.2, -0.15) is 0 Å². The van der Waals surface area contributed by atoms with Gasteiger partial charge in [-0.05, 0) is 55.7 Å². The van der Waals surface area contributed by atoms with E-state index in [0.717, 1.165) is 21.9 Å². The molecule has 3 aromatic rings. The average molecular weight is 471 g/mol. The van der Waals surface area contributed by atoms with E-state index in [0.29, 0.717) is 0 Å². The van der Waals surface area contributed by atoms with Crippen molar-refractivity contribution in [3.63, 3.8) is 0 Å². The summed E-state index contributed by atoms with van der Waals surface area (Å²) in [7, 11) is -4.01. The van der Waals surface area contributed by atoms with Gasteiger partial charge in [-0.25, -0.2) is 8.42 Å². The molecular weight excluding hydrogens is 444 g/mol. The molecule has 7 heteroatoms. The zero-order valence-electron chi connectivity index (χ0n) is 18.4. The van der Waals surface area contributed by atoms with E-state index < -0.39 is 22.5 Å². The molecule has 3 aromatic carbocycles. The summed E-state index contributed by atoms with van der Waals surface area (Å²) in [6.45, 7) is 5.44. The number of carbonyl (C=O) groups excluding carboxylic acids is 1. The molecule has 168 valence electrons. The number of halogens is 1. The largest absolute Gasteiger partial charge is 0.348 e. The first-order valence-corrected chi connectivity index (χ1v) is 12.3. The number of aryl methyl sites for hydroxylation is 2. The molecular formula is C25H27ClN2O3S. The number of hydrogen-bond acceptors (Lipinski definition) is 3. The monoisotopic (exact) mass is 470 g/mol. The fourth-order valence-corrected chi connectivity index (χ4v) is 5.06. The Balaban J connectivity index is 1.87. The fourth-order valence-electron chi connectivity index (χ4n) is 3.33. The topological polar surface area (TPSA) is 66.5 Å². The highest BCUT2D eigenvalue weighted by Gasteiger charge is 2.29. The van der Waals surface area contributed by atoms with Gasteiger partial charge in [0.25, 0.3) is 10.0 Å². The Labute approximate surface area is 195 Å². The number of rotatable bonds is 8. The SMILES string of the molecule is CCc1ccc([C@H](C)NC(=O)CN(c2ccccc2Cl)S(=O)(=O)c2ccc(C)cc2)cc1.